The maximum Gasteiger partial charge on any atom is 0.326 e. The summed E-state index contributed by atoms with van der Waals surface area (Å²) in [6.45, 7) is 3.75. The second-order valence-corrected chi connectivity index (χ2v) is 6.20. The topological polar surface area (TPSA) is 66.4 Å². The highest BCUT2D eigenvalue weighted by molar-refractivity contribution is 6.30. The molecule has 21 heavy (non-hydrogen) atoms. The van der Waals surface area contributed by atoms with Crippen molar-refractivity contribution < 1.29 is 14.7 Å². The maximum absolute atomic E-state index is 12.5. The van der Waals surface area contributed by atoms with Crippen molar-refractivity contribution in [1.82, 2.24) is 5.32 Å². The third kappa shape index (κ3) is 3.21. The zero-order valence-electron chi connectivity index (χ0n) is 12.2. The smallest absolute Gasteiger partial charge is 0.326 e. The number of carboxylic acids is 1. The summed E-state index contributed by atoms with van der Waals surface area (Å²) in [7, 11) is 0. The Labute approximate surface area is 129 Å². The van der Waals surface area contributed by atoms with Gasteiger partial charge in [0.1, 0.15) is 6.04 Å². The van der Waals surface area contributed by atoms with Crippen LogP contribution in [0.5, 0.6) is 0 Å². The summed E-state index contributed by atoms with van der Waals surface area (Å²) in [6, 6.07) is 6.36. The summed E-state index contributed by atoms with van der Waals surface area (Å²) in [4.78, 5) is 23.9. The number of carbonyl (C=O) groups is 2. The van der Waals surface area contributed by atoms with Gasteiger partial charge in [-0.3, -0.25) is 4.79 Å². The third-order valence-electron chi connectivity index (χ3n) is 4.35. The Morgan fingerprint density at radius 1 is 1.33 bits per heavy atom. The van der Waals surface area contributed by atoms with Gasteiger partial charge in [0, 0.05) is 5.02 Å². The largest absolute Gasteiger partial charge is 0.480 e. The number of carboxylic acid groups (broad SMARTS) is 1. The van der Waals surface area contributed by atoms with Crippen molar-refractivity contribution in [3.05, 3.63) is 34.9 Å². The van der Waals surface area contributed by atoms with E-state index in [4.69, 9.17) is 11.6 Å². The van der Waals surface area contributed by atoms with Gasteiger partial charge in [0.05, 0.1) is 5.41 Å². The van der Waals surface area contributed by atoms with Gasteiger partial charge in [-0.25, -0.2) is 4.79 Å². The number of rotatable bonds is 6. The summed E-state index contributed by atoms with van der Waals surface area (Å²) in [6.07, 6.45) is 2.19. The van der Waals surface area contributed by atoms with Crippen LogP contribution >= 0.6 is 11.6 Å². The van der Waals surface area contributed by atoms with E-state index in [2.05, 4.69) is 5.32 Å². The number of hydrogen-bond donors (Lipinski definition) is 2. The molecule has 1 aromatic rings. The Hall–Kier alpha value is -1.55. The van der Waals surface area contributed by atoms with Crippen LogP contribution in [-0.2, 0) is 15.0 Å². The minimum Gasteiger partial charge on any atom is -0.480 e. The second kappa shape index (κ2) is 6.06. The number of aliphatic carboxylic acids is 1. The zero-order valence-corrected chi connectivity index (χ0v) is 13.0. The number of nitrogens with one attached hydrogen (secondary N) is 1. The lowest BCUT2D eigenvalue weighted by molar-refractivity contribution is -0.143. The minimum atomic E-state index is -0.982. The lowest BCUT2D eigenvalue weighted by Crippen LogP contribution is -2.48. The molecule has 1 amide bonds. The van der Waals surface area contributed by atoms with Crippen molar-refractivity contribution >= 4 is 23.5 Å². The van der Waals surface area contributed by atoms with E-state index < -0.39 is 17.4 Å². The second-order valence-electron chi connectivity index (χ2n) is 5.76. The molecule has 0 aromatic heterocycles. The first-order valence-corrected chi connectivity index (χ1v) is 7.58. The molecule has 0 radical (unpaired) electrons. The maximum atomic E-state index is 12.5. The van der Waals surface area contributed by atoms with Crippen LogP contribution in [0.15, 0.2) is 24.3 Å². The van der Waals surface area contributed by atoms with Gasteiger partial charge >= 0.3 is 5.97 Å². The predicted octanol–water partition coefficient (Wildman–Crippen LogP) is 2.99. The molecule has 5 heteroatoms. The normalized spacial score (nSPS) is 18.6. The Balaban J connectivity index is 2.15. The lowest BCUT2D eigenvalue weighted by Gasteiger charge is -2.23. The molecule has 2 N–H and O–H groups in total. The van der Waals surface area contributed by atoms with Crippen LogP contribution in [0.1, 0.15) is 38.7 Å². The van der Waals surface area contributed by atoms with E-state index in [1.807, 2.05) is 26.0 Å². The number of benzene rings is 1. The van der Waals surface area contributed by atoms with Crippen molar-refractivity contribution in [3.8, 4) is 0 Å². The molecule has 1 unspecified atom stereocenters. The van der Waals surface area contributed by atoms with Crippen LogP contribution in [0.25, 0.3) is 0 Å². The van der Waals surface area contributed by atoms with Gasteiger partial charge in [-0.1, -0.05) is 44.0 Å². The molecule has 0 bridgehead atoms. The third-order valence-corrected chi connectivity index (χ3v) is 4.60. The van der Waals surface area contributed by atoms with Gasteiger partial charge in [-0.05, 0) is 36.5 Å². The molecule has 2 rings (SSSR count). The SMILES string of the molecule is CCC(C)[C@H](NC(=O)C1(c2ccc(Cl)cc2)CC1)C(=O)O. The summed E-state index contributed by atoms with van der Waals surface area (Å²) in [5.74, 6) is -1.28. The van der Waals surface area contributed by atoms with Crippen molar-refractivity contribution in [3.63, 3.8) is 0 Å². The molecule has 0 spiro atoms. The average molecular weight is 310 g/mol. The first kappa shape index (κ1) is 15.8. The molecule has 1 saturated carbocycles. The fourth-order valence-electron chi connectivity index (χ4n) is 2.50. The van der Waals surface area contributed by atoms with Crippen molar-refractivity contribution in [2.45, 2.75) is 44.6 Å². The van der Waals surface area contributed by atoms with E-state index in [1.165, 1.54) is 0 Å². The van der Waals surface area contributed by atoms with Gasteiger partial charge in [-0.2, -0.15) is 0 Å². The van der Waals surface area contributed by atoms with E-state index in [1.54, 1.807) is 12.1 Å². The highest BCUT2D eigenvalue weighted by atomic mass is 35.5. The van der Waals surface area contributed by atoms with Gasteiger partial charge in [0.2, 0.25) is 5.91 Å². The molecule has 0 saturated heterocycles. The fourth-order valence-corrected chi connectivity index (χ4v) is 2.63. The van der Waals surface area contributed by atoms with E-state index in [-0.39, 0.29) is 11.8 Å². The van der Waals surface area contributed by atoms with Crippen LogP contribution < -0.4 is 5.32 Å². The monoisotopic (exact) mass is 309 g/mol. The van der Waals surface area contributed by atoms with Crippen LogP contribution in [0, 0.1) is 5.92 Å². The Morgan fingerprint density at radius 3 is 2.33 bits per heavy atom. The number of amides is 1. The van der Waals surface area contributed by atoms with Crippen molar-refractivity contribution in [1.29, 1.82) is 0 Å². The van der Waals surface area contributed by atoms with Gasteiger partial charge in [0.25, 0.3) is 0 Å². The quantitative estimate of drug-likeness (QED) is 0.849. The molecule has 1 aliphatic carbocycles. The summed E-state index contributed by atoms with van der Waals surface area (Å²) >= 11 is 5.87. The molecule has 4 nitrogen and oxygen atoms in total. The van der Waals surface area contributed by atoms with Crippen LogP contribution in [0.4, 0.5) is 0 Å². The molecular formula is C16H20ClNO3. The van der Waals surface area contributed by atoms with E-state index in [9.17, 15) is 14.7 Å². The van der Waals surface area contributed by atoms with E-state index in [0.717, 1.165) is 18.4 Å². The summed E-state index contributed by atoms with van der Waals surface area (Å²) in [5, 5.41) is 12.6. The number of carbonyl (C=O) groups excluding carboxylic acids is 1. The van der Waals surface area contributed by atoms with E-state index in [0.29, 0.717) is 11.4 Å². The first-order chi connectivity index (χ1) is 9.90. The highest BCUT2D eigenvalue weighted by Crippen LogP contribution is 2.48. The van der Waals surface area contributed by atoms with Crippen molar-refractivity contribution in [2.24, 2.45) is 5.92 Å². The molecule has 0 heterocycles. The van der Waals surface area contributed by atoms with Gasteiger partial charge in [-0.15, -0.1) is 0 Å². The highest BCUT2D eigenvalue weighted by Gasteiger charge is 2.52. The van der Waals surface area contributed by atoms with E-state index >= 15 is 0 Å². The first-order valence-electron chi connectivity index (χ1n) is 7.20. The lowest BCUT2D eigenvalue weighted by atomic mass is 9.93. The fraction of sp³-hybridized carbons (Fsp3) is 0.500. The average Bonchev–Trinajstić information content (AvgIpc) is 3.25. The molecule has 114 valence electrons. The van der Waals surface area contributed by atoms with Crippen molar-refractivity contribution in [2.75, 3.05) is 0 Å². The summed E-state index contributed by atoms with van der Waals surface area (Å²) < 4.78 is 0. The molecule has 1 fully saturated rings. The minimum absolute atomic E-state index is 0.104. The molecule has 1 aromatic carbocycles. The Morgan fingerprint density at radius 2 is 1.90 bits per heavy atom. The molecule has 0 aliphatic heterocycles. The molecule has 1 aliphatic rings. The summed E-state index contributed by atoms with van der Waals surface area (Å²) in [5.41, 5.74) is 0.323. The van der Waals surface area contributed by atoms with Crippen LogP contribution in [-0.4, -0.2) is 23.0 Å². The number of halogens is 1. The Bertz CT molecular complexity index is 537. The van der Waals surface area contributed by atoms with Crippen LogP contribution in [0.2, 0.25) is 5.02 Å². The standard InChI is InChI=1S/C16H20ClNO3/c1-3-10(2)13(14(19)20)18-15(21)16(8-9-16)11-4-6-12(17)7-5-11/h4-7,10,13H,3,8-9H2,1-2H3,(H,18,21)(H,19,20)/t10?,13-/m0/s1. The molecular weight excluding hydrogens is 290 g/mol. The zero-order chi connectivity index (χ0) is 15.6. The van der Waals surface area contributed by atoms with Gasteiger partial charge in [0.15, 0.2) is 0 Å². The molecule has 2 atom stereocenters. The predicted molar refractivity (Wildman–Crippen MR) is 81.4 cm³/mol. The van der Waals surface area contributed by atoms with Gasteiger partial charge < -0.3 is 10.4 Å². The van der Waals surface area contributed by atoms with Crippen LogP contribution in [0.3, 0.4) is 0 Å². The number of hydrogen-bond acceptors (Lipinski definition) is 2. The Kier molecular flexibility index (Phi) is 4.57.